The van der Waals surface area contributed by atoms with Crippen molar-refractivity contribution in [1.82, 2.24) is 24.2 Å². The van der Waals surface area contributed by atoms with Gasteiger partial charge in [0, 0.05) is 44.8 Å². The van der Waals surface area contributed by atoms with Gasteiger partial charge in [-0.1, -0.05) is 0 Å². The van der Waals surface area contributed by atoms with E-state index >= 15 is 0 Å². The molecular weight excluding hydrogens is 332 g/mol. The van der Waals surface area contributed by atoms with E-state index in [1.807, 2.05) is 36.1 Å². The fourth-order valence-corrected chi connectivity index (χ4v) is 3.53. The first-order valence-electron chi connectivity index (χ1n) is 8.70. The van der Waals surface area contributed by atoms with Crippen LogP contribution in [0.4, 0.5) is 5.82 Å². The predicted octanol–water partition coefficient (Wildman–Crippen LogP) is 1.84. The number of aromatic nitrogens is 4. The van der Waals surface area contributed by atoms with Crippen LogP contribution in [0.1, 0.15) is 18.6 Å². The molecule has 1 amide bonds. The van der Waals surface area contributed by atoms with Gasteiger partial charge in [0.25, 0.3) is 5.91 Å². The van der Waals surface area contributed by atoms with Crippen molar-refractivity contribution < 1.29 is 9.21 Å². The zero-order valence-corrected chi connectivity index (χ0v) is 14.7. The molecule has 4 rings (SSSR count). The van der Waals surface area contributed by atoms with E-state index in [-0.39, 0.29) is 5.91 Å². The molecule has 1 N–H and O–H groups in total. The number of rotatable bonds is 5. The topological polar surface area (TPSA) is 81.1 Å². The van der Waals surface area contributed by atoms with Crippen molar-refractivity contribution in [2.45, 2.75) is 24.9 Å². The first-order chi connectivity index (χ1) is 12.7. The minimum atomic E-state index is -0.659. The molecule has 0 aliphatic carbocycles. The lowest BCUT2D eigenvalue weighted by Crippen LogP contribution is -2.52. The molecule has 0 saturated carbocycles. The Labute approximate surface area is 151 Å². The number of anilines is 1. The maximum atomic E-state index is 13.2. The third-order valence-electron chi connectivity index (χ3n) is 5.02. The van der Waals surface area contributed by atoms with E-state index < -0.39 is 5.54 Å². The first-order valence-corrected chi connectivity index (χ1v) is 8.70. The maximum absolute atomic E-state index is 13.2. The lowest BCUT2D eigenvalue weighted by molar-refractivity contribution is -0.127. The van der Waals surface area contributed by atoms with Crippen LogP contribution in [0.3, 0.4) is 0 Å². The van der Waals surface area contributed by atoms with Gasteiger partial charge in [0.15, 0.2) is 5.82 Å². The van der Waals surface area contributed by atoms with Gasteiger partial charge in [-0.05, 0) is 25.0 Å². The number of imidazole rings is 1. The zero-order valence-electron chi connectivity index (χ0n) is 14.7. The summed E-state index contributed by atoms with van der Waals surface area (Å²) in [6, 6.07) is 5.67. The van der Waals surface area contributed by atoms with Gasteiger partial charge >= 0.3 is 0 Å². The number of carbonyl (C=O) groups excluding carboxylic acids is 1. The molecular formula is C18H22N6O2. The molecule has 0 radical (unpaired) electrons. The second-order valence-electron chi connectivity index (χ2n) is 6.69. The third kappa shape index (κ3) is 3.15. The number of aryl methyl sites for hydroxylation is 1. The molecule has 136 valence electrons. The quantitative estimate of drug-likeness (QED) is 0.756. The highest BCUT2D eigenvalue weighted by atomic mass is 16.3. The monoisotopic (exact) mass is 354 g/mol. The summed E-state index contributed by atoms with van der Waals surface area (Å²) in [5, 5.41) is 7.23. The number of hydrogen-bond donors (Lipinski definition) is 1. The highest BCUT2D eigenvalue weighted by Crippen LogP contribution is 2.32. The molecule has 0 atom stereocenters. The van der Waals surface area contributed by atoms with E-state index in [0.717, 1.165) is 25.4 Å². The van der Waals surface area contributed by atoms with Crippen LogP contribution in [-0.2, 0) is 23.9 Å². The Morgan fingerprint density at radius 1 is 1.31 bits per heavy atom. The molecule has 1 saturated heterocycles. The number of furan rings is 1. The second kappa shape index (κ2) is 6.80. The largest absolute Gasteiger partial charge is 0.468 e. The van der Waals surface area contributed by atoms with Gasteiger partial charge in [-0.3, -0.25) is 14.4 Å². The minimum absolute atomic E-state index is 0.0492. The number of nitrogens with one attached hydrogen (secondary N) is 1. The normalized spacial score (nSPS) is 17.3. The Morgan fingerprint density at radius 3 is 2.77 bits per heavy atom. The second-order valence-corrected chi connectivity index (χ2v) is 6.69. The van der Waals surface area contributed by atoms with E-state index in [1.54, 1.807) is 29.5 Å². The molecule has 4 heterocycles. The zero-order chi connectivity index (χ0) is 18.0. The van der Waals surface area contributed by atoms with Crippen LogP contribution in [0.15, 0.2) is 53.8 Å². The van der Waals surface area contributed by atoms with Gasteiger partial charge in [0.1, 0.15) is 11.3 Å². The van der Waals surface area contributed by atoms with E-state index in [0.29, 0.717) is 18.7 Å². The van der Waals surface area contributed by atoms with E-state index in [4.69, 9.17) is 4.42 Å². The summed E-state index contributed by atoms with van der Waals surface area (Å²) in [7, 11) is 1.83. The van der Waals surface area contributed by atoms with Crippen molar-refractivity contribution in [3.8, 4) is 0 Å². The summed E-state index contributed by atoms with van der Waals surface area (Å²) >= 11 is 0. The number of piperidine rings is 1. The summed E-state index contributed by atoms with van der Waals surface area (Å²) < 4.78 is 9.04. The Bertz CT molecular complexity index is 844. The van der Waals surface area contributed by atoms with Gasteiger partial charge < -0.3 is 14.3 Å². The molecule has 8 heteroatoms. The average Bonchev–Trinajstić information content (AvgIpc) is 3.39. The van der Waals surface area contributed by atoms with Crippen LogP contribution < -0.4 is 5.32 Å². The van der Waals surface area contributed by atoms with E-state index in [1.165, 1.54) is 0 Å². The highest BCUT2D eigenvalue weighted by Gasteiger charge is 2.43. The van der Waals surface area contributed by atoms with Gasteiger partial charge in [-0.25, -0.2) is 4.98 Å². The Hall–Kier alpha value is -2.87. The van der Waals surface area contributed by atoms with Crippen molar-refractivity contribution in [3.63, 3.8) is 0 Å². The fourth-order valence-electron chi connectivity index (χ4n) is 3.53. The van der Waals surface area contributed by atoms with Crippen LogP contribution in [0.2, 0.25) is 0 Å². The summed E-state index contributed by atoms with van der Waals surface area (Å²) in [5.41, 5.74) is -0.659. The molecule has 1 aliphatic rings. The molecule has 8 nitrogen and oxygen atoms in total. The molecule has 1 fully saturated rings. The van der Waals surface area contributed by atoms with Gasteiger partial charge in [-0.15, -0.1) is 0 Å². The molecule has 3 aromatic rings. The van der Waals surface area contributed by atoms with Crippen LogP contribution in [-0.4, -0.2) is 43.2 Å². The third-order valence-corrected chi connectivity index (χ3v) is 5.02. The SMILES string of the molecule is Cn1ccc(NC(=O)C2(n3ccnc3)CCN(Cc3ccco3)CC2)n1. The number of likely N-dealkylation sites (tertiary alicyclic amines) is 1. The first kappa shape index (κ1) is 16.6. The fraction of sp³-hybridized carbons (Fsp3) is 0.389. The summed E-state index contributed by atoms with van der Waals surface area (Å²) in [6.07, 6.45) is 10.2. The highest BCUT2D eigenvalue weighted by molar-refractivity contribution is 5.96. The number of amides is 1. The smallest absolute Gasteiger partial charge is 0.251 e. The molecule has 0 unspecified atom stereocenters. The summed E-state index contributed by atoms with van der Waals surface area (Å²) in [4.78, 5) is 19.6. The molecule has 3 aromatic heterocycles. The lowest BCUT2D eigenvalue weighted by atomic mass is 9.86. The van der Waals surface area contributed by atoms with Crippen LogP contribution >= 0.6 is 0 Å². The van der Waals surface area contributed by atoms with Crippen LogP contribution in [0.25, 0.3) is 0 Å². The van der Waals surface area contributed by atoms with Gasteiger partial charge in [0.05, 0.1) is 19.1 Å². The molecule has 0 spiro atoms. The van der Waals surface area contributed by atoms with Crippen molar-refractivity contribution in [3.05, 3.63) is 55.1 Å². The number of hydrogen-bond acceptors (Lipinski definition) is 5. The van der Waals surface area contributed by atoms with Crippen molar-refractivity contribution in [2.75, 3.05) is 18.4 Å². The van der Waals surface area contributed by atoms with E-state index in [9.17, 15) is 4.79 Å². The lowest BCUT2D eigenvalue weighted by Gasteiger charge is -2.41. The number of carbonyl (C=O) groups is 1. The van der Waals surface area contributed by atoms with Gasteiger partial charge in [0.2, 0.25) is 0 Å². The van der Waals surface area contributed by atoms with Crippen molar-refractivity contribution >= 4 is 11.7 Å². The Kier molecular flexibility index (Phi) is 4.34. The maximum Gasteiger partial charge on any atom is 0.251 e. The van der Waals surface area contributed by atoms with Crippen LogP contribution in [0.5, 0.6) is 0 Å². The molecule has 0 bridgehead atoms. The van der Waals surface area contributed by atoms with Gasteiger partial charge in [-0.2, -0.15) is 5.10 Å². The summed E-state index contributed by atoms with van der Waals surface area (Å²) in [6.45, 7) is 2.36. The summed E-state index contributed by atoms with van der Waals surface area (Å²) in [5.74, 6) is 1.46. The Morgan fingerprint density at radius 2 is 2.15 bits per heavy atom. The minimum Gasteiger partial charge on any atom is -0.468 e. The Balaban J connectivity index is 1.51. The van der Waals surface area contributed by atoms with Crippen molar-refractivity contribution in [2.24, 2.45) is 7.05 Å². The predicted molar refractivity (Wildman–Crippen MR) is 95.3 cm³/mol. The number of nitrogens with zero attached hydrogens (tertiary/aromatic N) is 5. The molecule has 26 heavy (non-hydrogen) atoms. The molecule has 0 aromatic carbocycles. The standard InChI is InChI=1S/C18H22N6O2/c1-22-8-4-16(21-22)20-17(25)18(24-11-7-19-14-24)5-9-23(10-6-18)13-15-3-2-12-26-15/h2-4,7-8,11-12,14H,5-6,9-10,13H2,1H3,(H,20,21,25). The molecule has 1 aliphatic heterocycles. The van der Waals surface area contributed by atoms with Crippen molar-refractivity contribution in [1.29, 1.82) is 0 Å². The average molecular weight is 354 g/mol. The van der Waals surface area contributed by atoms with E-state index in [2.05, 4.69) is 20.3 Å². The van der Waals surface area contributed by atoms with Crippen LogP contribution in [0, 0.1) is 0 Å².